The summed E-state index contributed by atoms with van der Waals surface area (Å²) in [6, 6.07) is 18.5. The van der Waals surface area contributed by atoms with Crippen LogP contribution >= 0.6 is 0 Å². The fourth-order valence-corrected chi connectivity index (χ4v) is 3.57. The molecule has 166 valence electrons. The lowest BCUT2D eigenvalue weighted by atomic mass is 9.95. The molecule has 0 bridgehead atoms. The van der Waals surface area contributed by atoms with E-state index in [-0.39, 0.29) is 12.1 Å². The van der Waals surface area contributed by atoms with Gasteiger partial charge in [0, 0.05) is 19.2 Å². The van der Waals surface area contributed by atoms with E-state index in [0.717, 1.165) is 22.8 Å². The molecule has 2 aromatic carbocycles. The van der Waals surface area contributed by atoms with Gasteiger partial charge in [-0.1, -0.05) is 61.5 Å². The first kappa shape index (κ1) is 22.8. The van der Waals surface area contributed by atoms with Gasteiger partial charge in [0.2, 0.25) is 5.43 Å². The number of hydrogen-bond donors (Lipinski definition) is 3. The summed E-state index contributed by atoms with van der Waals surface area (Å²) in [5.74, 6) is -2.56. The number of benzene rings is 2. The minimum atomic E-state index is -0.944. The monoisotopic (exact) mass is 434 g/mol. The minimum Gasteiger partial charge on any atom is -0.503 e. The highest BCUT2D eigenvalue weighted by Crippen LogP contribution is 2.21. The van der Waals surface area contributed by atoms with Crippen LogP contribution in [0.2, 0.25) is 0 Å². The van der Waals surface area contributed by atoms with Crippen molar-refractivity contribution in [1.82, 2.24) is 9.88 Å². The molecule has 0 saturated carbocycles. The highest BCUT2D eigenvalue weighted by molar-refractivity contribution is 5.92. The number of nitrogens with one attached hydrogen (secondary N) is 1. The molecule has 7 nitrogen and oxygen atoms in total. The van der Waals surface area contributed by atoms with Crippen molar-refractivity contribution in [2.75, 3.05) is 0 Å². The number of amides is 1. The molecular weight excluding hydrogens is 408 g/mol. The van der Waals surface area contributed by atoms with Gasteiger partial charge in [-0.05, 0) is 29.5 Å². The first-order chi connectivity index (χ1) is 15.2. The van der Waals surface area contributed by atoms with Crippen LogP contribution in [-0.4, -0.2) is 32.7 Å². The number of carbonyl (C=O) groups excluding carboxylic acids is 1. The molecule has 1 amide bonds. The Kier molecular flexibility index (Phi) is 7.10. The van der Waals surface area contributed by atoms with Crippen LogP contribution in [0.4, 0.5) is 0 Å². The molecule has 0 aliphatic heterocycles. The summed E-state index contributed by atoms with van der Waals surface area (Å²) >= 11 is 0. The average Bonchev–Trinajstić information content (AvgIpc) is 2.77. The van der Waals surface area contributed by atoms with Gasteiger partial charge in [-0.2, -0.15) is 0 Å². The standard InChI is InChI=1S/C25H26N2O5/c1-16(25(31)32)12-20(26-24(30)21-14-22(28)23(29)15-27(21)2)13-17-8-10-19(11-9-17)18-6-4-3-5-7-18/h3-11,14-16,20,29H,12-13H2,1-2H3,(H,26,30)(H,31,32)/t16-,20+/m1/s1. The van der Waals surface area contributed by atoms with Gasteiger partial charge in [0.1, 0.15) is 5.69 Å². The predicted molar refractivity (Wildman–Crippen MR) is 122 cm³/mol. The van der Waals surface area contributed by atoms with Crippen LogP contribution in [-0.2, 0) is 18.3 Å². The first-order valence-electron chi connectivity index (χ1n) is 10.3. The summed E-state index contributed by atoms with van der Waals surface area (Å²) in [6.07, 6.45) is 1.84. The maximum Gasteiger partial charge on any atom is 0.306 e. The lowest BCUT2D eigenvalue weighted by Crippen LogP contribution is -2.40. The molecule has 7 heteroatoms. The fourth-order valence-electron chi connectivity index (χ4n) is 3.57. The molecule has 0 fully saturated rings. The van der Waals surface area contributed by atoms with E-state index < -0.39 is 35.0 Å². The average molecular weight is 434 g/mol. The van der Waals surface area contributed by atoms with Gasteiger partial charge in [0.25, 0.3) is 5.91 Å². The molecule has 1 aromatic heterocycles. The Morgan fingerprint density at radius 3 is 2.28 bits per heavy atom. The van der Waals surface area contributed by atoms with Gasteiger partial charge in [-0.25, -0.2) is 0 Å². The molecule has 0 unspecified atom stereocenters. The van der Waals surface area contributed by atoms with E-state index in [9.17, 15) is 24.6 Å². The molecule has 3 rings (SSSR count). The smallest absolute Gasteiger partial charge is 0.306 e. The molecule has 0 spiro atoms. The second-order valence-electron chi connectivity index (χ2n) is 7.93. The van der Waals surface area contributed by atoms with Crippen molar-refractivity contribution in [1.29, 1.82) is 0 Å². The maximum atomic E-state index is 12.8. The van der Waals surface area contributed by atoms with Crippen molar-refractivity contribution in [3.63, 3.8) is 0 Å². The van der Waals surface area contributed by atoms with Crippen LogP contribution in [0.3, 0.4) is 0 Å². The van der Waals surface area contributed by atoms with Crippen molar-refractivity contribution in [3.05, 3.63) is 88.3 Å². The van der Waals surface area contributed by atoms with E-state index in [1.807, 2.05) is 54.6 Å². The van der Waals surface area contributed by atoms with Crippen LogP contribution in [0.1, 0.15) is 29.4 Å². The van der Waals surface area contributed by atoms with Crippen LogP contribution in [0, 0.1) is 5.92 Å². The summed E-state index contributed by atoms with van der Waals surface area (Å²) in [5.41, 5.74) is 2.54. The normalized spacial score (nSPS) is 12.7. The van der Waals surface area contributed by atoms with Gasteiger partial charge in [-0.15, -0.1) is 0 Å². The number of hydrogen-bond acceptors (Lipinski definition) is 4. The number of carboxylic acid groups (broad SMARTS) is 1. The predicted octanol–water partition coefficient (Wildman–Crippen LogP) is 3.21. The summed E-state index contributed by atoms with van der Waals surface area (Å²) in [7, 11) is 1.55. The SMILES string of the molecule is C[C@H](C[C@@H](Cc1ccc(-c2ccccc2)cc1)NC(=O)c1cc(=O)c(O)cn1C)C(=O)O. The van der Waals surface area contributed by atoms with E-state index in [0.29, 0.717) is 6.42 Å². The van der Waals surface area contributed by atoms with Crippen molar-refractivity contribution in [3.8, 4) is 16.9 Å². The van der Waals surface area contributed by atoms with E-state index in [1.54, 1.807) is 14.0 Å². The first-order valence-corrected chi connectivity index (χ1v) is 10.3. The zero-order chi connectivity index (χ0) is 23.3. The van der Waals surface area contributed by atoms with E-state index in [2.05, 4.69) is 5.32 Å². The van der Waals surface area contributed by atoms with Crippen molar-refractivity contribution < 1.29 is 19.8 Å². The van der Waals surface area contributed by atoms with Crippen LogP contribution in [0.5, 0.6) is 5.75 Å². The number of carboxylic acids is 1. The molecule has 32 heavy (non-hydrogen) atoms. The second kappa shape index (κ2) is 9.96. The topological polar surface area (TPSA) is 109 Å². The number of rotatable bonds is 8. The van der Waals surface area contributed by atoms with E-state index in [4.69, 9.17) is 0 Å². The van der Waals surface area contributed by atoms with Gasteiger partial charge >= 0.3 is 5.97 Å². The molecule has 1 heterocycles. The number of aliphatic carboxylic acids is 1. The highest BCUT2D eigenvalue weighted by atomic mass is 16.4. The van der Waals surface area contributed by atoms with E-state index >= 15 is 0 Å². The van der Waals surface area contributed by atoms with Crippen molar-refractivity contribution >= 4 is 11.9 Å². The van der Waals surface area contributed by atoms with Crippen LogP contribution in [0.25, 0.3) is 11.1 Å². The van der Waals surface area contributed by atoms with Crippen LogP contribution in [0.15, 0.2) is 71.7 Å². The second-order valence-corrected chi connectivity index (χ2v) is 7.93. The van der Waals surface area contributed by atoms with Gasteiger partial charge in [0.15, 0.2) is 5.75 Å². The Hall–Kier alpha value is -3.87. The van der Waals surface area contributed by atoms with Crippen molar-refractivity contribution in [2.24, 2.45) is 13.0 Å². The van der Waals surface area contributed by atoms with Gasteiger partial charge < -0.3 is 20.1 Å². The zero-order valence-electron chi connectivity index (χ0n) is 18.0. The van der Waals surface area contributed by atoms with E-state index in [1.165, 1.54) is 10.8 Å². The molecule has 0 saturated heterocycles. The molecule has 3 aromatic rings. The fraction of sp³-hybridized carbons (Fsp3) is 0.240. The van der Waals surface area contributed by atoms with Gasteiger partial charge in [0.05, 0.1) is 12.1 Å². The number of nitrogens with zero attached hydrogens (tertiary/aromatic N) is 1. The summed E-state index contributed by atoms with van der Waals surface area (Å²) in [4.78, 5) is 36.0. The Morgan fingerprint density at radius 2 is 1.66 bits per heavy atom. The Balaban J connectivity index is 1.80. The van der Waals surface area contributed by atoms with Crippen molar-refractivity contribution in [2.45, 2.75) is 25.8 Å². The Bertz CT molecular complexity index is 1150. The third-order valence-electron chi connectivity index (χ3n) is 5.39. The van der Waals surface area contributed by atoms with Crippen LogP contribution < -0.4 is 10.7 Å². The summed E-state index contributed by atoms with van der Waals surface area (Å²) in [6.45, 7) is 1.59. The molecule has 3 N–H and O–H groups in total. The molecule has 0 aliphatic rings. The quantitative estimate of drug-likeness (QED) is 0.505. The summed E-state index contributed by atoms with van der Waals surface area (Å²) in [5, 5.41) is 21.7. The Labute approximate surface area is 186 Å². The number of aromatic hydroxyl groups is 1. The van der Waals surface area contributed by atoms with Gasteiger partial charge in [-0.3, -0.25) is 14.4 Å². The maximum absolute atomic E-state index is 12.8. The minimum absolute atomic E-state index is 0.0835. The third kappa shape index (κ3) is 5.63. The number of pyridine rings is 1. The number of aryl methyl sites for hydroxylation is 1. The Morgan fingerprint density at radius 1 is 1.03 bits per heavy atom. The molecular formula is C25H26N2O5. The largest absolute Gasteiger partial charge is 0.503 e. The molecule has 0 radical (unpaired) electrons. The lowest BCUT2D eigenvalue weighted by molar-refractivity contribution is -0.141. The lowest BCUT2D eigenvalue weighted by Gasteiger charge is -2.22. The molecule has 2 atom stereocenters. The number of carbonyl (C=O) groups is 2. The third-order valence-corrected chi connectivity index (χ3v) is 5.39. The zero-order valence-corrected chi connectivity index (χ0v) is 18.0. The number of aromatic nitrogens is 1. The highest BCUT2D eigenvalue weighted by Gasteiger charge is 2.22. The molecule has 0 aliphatic carbocycles. The summed E-state index contributed by atoms with van der Waals surface area (Å²) < 4.78 is 1.36.